The van der Waals surface area contributed by atoms with Crippen molar-refractivity contribution in [2.45, 2.75) is 6.92 Å². The fourth-order valence-electron chi connectivity index (χ4n) is 2.45. The molecule has 1 aliphatic rings. The third kappa shape index (κ3) is 5.11. The molecule has 0 N–H and O–H groups in total. The number of rotatable bonds is 7. The maximum atomic E-state index is 12.2. The highest BCUT2D eigenvalue weighted by Crippen LogP contribution is 2.33. The lowest BCUT2D eigenvalue weighted by Crippen LogP contribution is -2.22. The first-order valence-electron chi connectivity index (χ1n) is 8.66. The molecule has 2 aromatic carbocycles. The largest absolute Gasteiger partial charge is 0.493 e. The Labute approximate surface area is 169 Å². The van der Waals surface area contributed by atoms with Gasteiger partial charge in [-0.2, -0.15) is 0 Å². The lowest BCUT2D eigenvalue weighted by atomic mass is 10.1. The smallest absolute Gasteiger partial charge is 0.265 e. The summed E-state index contributed by atoms with van der Waals surface area (Å²) >= 11 is 6.49. The SMILES string of the molecule is CC(COc1ccccc1)COc1ccccc1/C=C1/SC(=S)N(C)C1=O. The lowest BCUT2D eigenvalue weighted by molar-refractivity contribution is -0.121. The summed E-state index contributed by atoms with van der Waals surface area (Å²) in [6.07, 6.45) is 1.84. The zero-order chi connectivity index (χ0) is 19.2. The van der Waals surface area contributed by atoms with Gasteiger partial charge in [-0.25, -0.2) is 0 Å². The number of likely N-dealkylation sites (N-methyl/N-ethyl adjacent to an activating group) is 1. The maximum absolute atomic E-state index is 12.2. The molecule has 27 heavy (non-hydrogen) atoms. The van der Waals surface area contributed by atoms with Crippen molar-refractivity contribution >= 4 is 40.3 Å². The molecule has 1 atom stereocenters. The number of hydrogen-bond acceptors (Lipinski definition) is 5. The van der Waals surface area contributed by atoms with E-state index in [4.69, 9.17) is 21.7 Å². The standard InChI is InChI=1S/C21H21NO3S2/c1-15(13-24-17-9-4-3-5-10-17)14-25-18-11-7-6-8-16(18)12-19-20(23)22(2)21(26)27-19/h3-12,15H,13-14H2,1-2H3/b19-12+. The van der Waals surface area contributed by atoms with Gasteiger partial charge >= 0.3 is 0 Å². The van der Waals surface area contributed by atoms with Crippen molar-refractivity contribution in [1.29, 1.82) is 0 Å². The maximum Gasteiger partial charge on any atom is 0.265 e. The Bertz CT molecular complexity index is 852. The number of para-hydroxylation sites is 2. The fraction of sp³-hybridized carbons (Fsp3) is 0.238. The number of thiocarbonyl (C=S) groups is 1. The highest BCUT2D eigenvalue weighted by molar-refractivity contribution is 8.26. The molecule has 1 fully saturated rings. The normalized spacial score (nSPS) is 16.7. The molecule has 0 aromatic heterocycles. The van der Waals surface area contributed by atoms with Gasteiger partial charge in [0.1, 0.15) is 15.8 Å². The number of carbonyl (C=O) groups excluding carboxylic acids is 1. The Morgan fingerprint density at radius 3 is 2.44 bits per heavy atom. The van der Waals surface area contributed by atoms with Gasteiger partial charge in [0.25, 0.3) is 5.91 Å². The van der Waals surface area contributed by atoms with Crippen LogP contribution in [-0.4, -0.2) is 35.4 Å². The molecule has 1 saturated heterocycles. The van der Waals surface area contributed by atoms with Gasteiger partial charge in [0.05, 0.1) is 18.1 Å². The van der Waals surface area contributed by atoms with Crippen molar-refractivity contribution in [3.05, 3.63) is 65.1 Å². The van der Waals surface area contributed by atoms with Gasteiger partial charge in [0, 0.05) is 18.5 Å². The molecular weight excluding hydrogens is 378 g/mol. The summed E-state index contributed by atoms with van der Waals surface area (Å²) in [5.41, 5.74) is 0.864. The van der Waals surface area contributed by atoms with E-state index in [0.29, 0.717) is 22.4 Å². The van der Waals surface area contributed by atoms with E-state index in [9.17, 15) is 4.79 Å². The number of thioether (sulfide) groups is 1. The average Bonchev–Trinajstić information content (AvgIpc) is 2.93. The molecule has 1 heterocycles. The van der Waals surface area contributed by atoms with Crippen molar-refractivity contribution < 1.29 is 14.3 Å². The van der Waals surface area contributed by atoms with Crippen molar-refractivity contribution in [2.75, 3.05) is 20.3 Å². The average molecular weight is 400 g/mol. The van der Waals surface area contributed by atoms with E-state index < -0.39 is 0 Å². The number of benzene rings is 2. The summed E-state index contributed by atoms with van der Waals surface area (Å²) in [6.45, 7) is 3.17. The summed E-state index contributed by atoms with van der Waals surface area (Å²) in [6, 6.07) is 17.4. The van der Waals surface area contributed by atoms with Crippen LogP contribution < -0.4 is 9.47 Å². The van der Waals surface area contributed by atoms with Crippen molar-refractivity contribution in [1.82, 2.24) is 4.90 Å². The van der Waals surface area contributed by atoms with Crippen LogP contribution in [0, 0.1) is 5.92 Å². The van der Waals surface area contributed by atoms with Gasteiger partial charge in [0.15, 0.2) is 0 Å². The van der Waals surface area contributed by atoms with Crippen LogP contribution in [0.2, 0.25) is 0 Å². The molecular formula is C21H21NO3S2. The predicted octanol–water partition coefficient (Wildman–Crippen LogP) is 4.61. The molecule has 0 saturated carbocycles. The van der Waals surface area contributed by atoms with Crippen LogP contribution in [0.1, 0.15) is 12.5 Å². The van der Waals surface area contributed by atoms with Crippen LogP contribution in [0.5, 0.6) is 11.5 Å². The minimum atomic E-state index is -0.0792. The molecule has 1 amide bonds. The quantitative estimate of drug-likeness (QED) is 0.502. The number of amides is 1. The number of ether oxygens (including phenoxy) is 2. The molecule has 0 aliphatic carbocycles. The summed E-state index contributed by atoms with van der Waals surface area (Å²) in [5, 5.41) is 0. The van der Waals surface area contributed by atoms with Crippen molar-refractivity contribution in [2.24, 2.45) is 5.92 Å². The molecule has 0 bridgehead atoms. The van der Waals surface area contributed by atoms with E-state index in [-0.39, 0.29) is 11.8 Å². The topological polar surface area (TPSA) is 38.8 Å². The molecule has 4 nitrogen and oxygen atoms in total. The van der Waals surface area contributed by atoms with Gasteiger partial charge in [-0.3, -0.25) is 9.69 Å². The van der Waals surface area contributed by atoms with Gasteiger partial charge in [0.2, 0.25) is 0 Å². The molecule has 0 spiro atoms. The van der Waals surface area contributed by atoms with E-state index in [2.05, 4.69) is 6.92 Å². The third-order valence-corrected chi connectivity index (χ3v) is 5.48. The van der Waals surface area contributed by atoms with Crippen LogP contribution >= 0.6 is 24.0 Å². The molecule has 1 unspecified atom stereocenters. The summed E-state index contributed by atoms with van der Waals surface area (Å²) in [4.78, 5) is 14.3. The Morgan fingerprint density at radius 2 is 1.74 bits per heavy atom. The van der Waals surface area contributed by atoms with Crippen molar-refractivity contribution in [3.8, 4) is 11.5 Å². The van der Waals surface area contributed by atoms with Crippen LogP contribution in [0.25, 0.3) is 6.08 Å². The van der Waals surface area contributed by atoms with E-state index >= 15 is 0 Å². The highest BCUT2D eigenvalue weighted by Gasteiger charge is 2.28. The molecule has 2 aromatic rings. The Morgan fingerprint density at radius 1 is 1.07 bits per heavy atom. The predicted molar refractivity (Wildman–Crippen MR) is 114 cm³/mol. The lowest BCUT2D eigenvalue weighted by Gasteiger charge is -2.15. The number of carbonyl (C=O) groups is 1. The van der Waals surface area contributed by atoms with Crippen LogP contribution in [-0.2, 0) is 4.79 Å². The monoisotopic (exact) mass is 399 g/mol. The van der Waals surface area contributed by atoms with Crippen LogP contribution in [0.15, 0.2) is 59.5 Å². The van der Waals surface area contributed by atoms with E-state index in [1.54, 1.807) is 7.05 Å². The van der Waals surface area contributed by atoms with E-state index in [1.807, 2.05) is 60.7 Å². The first-order chi connectivity index (χ1) is 13.0. The Balaban J connectivity index is 1.61. The first-order valence-corrected chi connectivity index (χ1v) is 9.88. The molecule has 1 aliphatic heterocycles. The third-order valence-electron chi connectivity index (χ3n) is 3.99. The summed E-state index contributed by atoms with van der Waals surface area (Å²) in [5.74, 6) is 1.73. The van der Waals surface area contributed by atoms with Crippen LogP contribution in [0.3, 0.4) is 0 Å². The second-order valence-corrected chi connectivity index (χ2v) is 7.99. The van der Waals surface area contributed by atoms with E-state index in [1.165, 1.54) is 16.7 Å². The van der Waals surface area contributed by atoms with Gasteiger partial charge in [-0.15, -0.1) is 0 Å². The molecule has 3 rings (SSSR count). The minimum absolute atomic E-state index is 0.0792. The van der Waals surface area contributed by atoms with Crippen molar-refractivity contribution in [3.63, 3.8) is 0 Å². The van der Waals surface area contributed by atoms with Gasteiger partial charge in [-0.05, 0) is 24.3 Å². The summed E-state index contributed by atoms with van der Waals surface area (Å²) < 4.78 is 12.3. The molecule has 140 valence electrons. The second-order valence-electron chi connectivity index (χ2n) is 6.32. The molecule has 6 heteroatoms. The number of hydrogen-bond donors (Lipinski definition) is 0. The zero-order valence-electron chi connectivity index (χ0n) is 15.3. The minimum Gasteiger partial charge on any atom is -0.493 e. The highest BCUT2D eigenvalue weighted by atomic mass is 32.2. The van der Waals surface area contributed by atoms with Gasteiger partial charge < -0.3 is 9.47 Å². The van der Waals surface area contributed by atoms with Crippen LogP contribution in [0.4, 0.5) is 0 Å². The summed E-state index contributed by atoms with van der Waals surface area (Å²) in [7, 11) is 1.69. The van der Waals surface area contributed by atoms with Gasteiger partial charge in [-0.1, -0.05) is 67.3 Å². The zero-order valence-corrected chi connectivity index (χ0v) is 16.9. The Kier molecular flexibility index (Phi) is 6.53. The Hall–Kier alpha value is -2.31. The fourth-order valence-corrected chi connectivity index (χ4v) is 3.62. The first kappa shape index (κ1) is 19.5. The van der Waals surface area contributed by atoms with E-state index in [0.717, 1.165) is 17.1 Å². The number of nitrogens with zero attached hydrogens (tertiary/aromatic N) is 1. The second kappa shape index (κ2) is 9.06. The molecule has 0 radical (unpaired) electrons.